The van der Waals surface area contributed by atoms with Gasteiger partial charge in [-0.1, -0.05) is 103 Å². The van der Waals surface area contributed by atoms with Gasteiger partial charge in [-0.15, -0.1) is 0 Å². The van der Waals surface area contributed by atoms with E-state index in [1.165, 1.54) is 44.5 Å². The van der Waals surface area contributed by atoms with Crippen LogP contribution in [-0.4, -0.2) is 4.98 Å². The van der Waals surface area contributed by atoms with Crippen LogP contribution < -0.4 is 0 Å². The summed E-state index contributed by atoms with van der Waals surface area (Å²) in [6, 6.07) is 47.9. The lowest BCUT2D eigenvalue weighted by Crippen LogP contribution is -1.98. The fourth-order valence-corrected chi connectivity index (χ4v) is 6.62. The average Bonchev–Trinajstić information content (AvgIpc) is 3.42. The zero-order valence-corrected chi connectivity index (χ0v) is 22.1. The molecule has 1 aliphatic carbocycles. The number of para-hydroxylation sites is 2. The number of aromatic nitrogens is 1. The third-order valence-corrected chi connectivity index (χ3v) is 8.49. The number of rotatable bonds is 1. The molecule has 0 bridgehead atoms. The van der Waals surface area contributed by atoms with Crippen LogP contribution in [0.15, 0.2) is 144 Å². The van der Waals surface area contributed by atoms with Crippen molar-refractivity contribution in [2.75, 3.05) is 0 Å². The predicted octanol–water partition coefficient (Wildman–Crippen LogP) is 10.8. The van der Waals surface area contributed by atoms with Crippen LogP contribution in [0.25, 0.3) is 88.5 Å². The van der Waals surface area contributed by atoms with E-state index in [2.05, 4.69) is 115 Å². The van der Waals surface area contributed by atoms with Crippen molar-refractivity contribution in [2.24, 2.45) is 0 Å². The topological polar surface area (TPSA) is 26.0 Å². The second-order valence-corrected chi connectivity index (χ2v) is 10.7. The molecule has 41 heavy (non-hydrogen) atoms. The zero-order valence-electron chi connectivity index (χ0n) is 22.1. The highest BCUT2D eigenvalue weighted by Crippen LogP contribution is 2.49. The Hall–Kier alpha value is -5.47. The van der Waals surface area contributed by atoms with Crippen LogP contribution >= 0.6 is 0 Å². The molecule has 0 unspecified atom stereocenters. The summed E-state index contributed by atoms with van der Waals surface area (Å²) >= 11 is 0. The van der Waals surface area contributed by atoms with Crippen LogP contribution in [0.3, 0.4) is 0 Å². The first kappa shape index (κ1) is 22.4. The summed E-state index contributed by atoms with van der Waals surface area (Å²) in [6.07, 6.45) is 1.87. The molecular weight excluding hydrogens is 498 g/mol. The molecule has 1 aliphatic rings. The molecule has 0 amide bonds. The molecular formula is C39H23NO. The summed E-state index contributed by atoms with van der Waals surface area (Å²) in [4.78, 5) is 4.71. The fourth-order valence-electron chi connectivity index (χ4n) is 6.62. The van der Waals surface area contributed by atoms with Gasteiger partial charge in [-0.25, -0.2) is 0 Å². The second kappa shape index (κ2) is 8.51. The molecule has 9 rings (SSSR count). The maximum absolute atomic E-state index is 6.43. The van der Waals surface area contributed by atoms with Gasteiger partial charge in [0, 0.05) is 27.9 Å². The SMILES string of the molecule is c1ccc2c(c1)-c1ccc(-c3cccc4c3oc3ccccc34)cc1-c1ccccc1-c1cc3ncccc3cc1-2. The minimum absolute atomic E-state index is 0.915. The number of nitrogens with zero attached hydrogens (tertiary/aromatic N) is 1. The average molecular weight is 522 g/mol. The highest BCUT2D eigenvalue weighted by Gasteiger charge is 2.23. The molecule has 0 atom stereocenters. The van der Waals surface area contributed by atoms with Crippen molar-refractivity contribution >= 4 is 32.8 Å². The van der Waals surface area contributed by atoms with Gasteiger partial charge >= 0.3 is 0 Å². The quantitative estimate of drug-likeness (QED) is 0.215. The lowest BCUT2D eigenvalue weighted by Gasteiger charge is -2.24. The minimum atomic E-state index is 0.915. The molecule has 0 radical (unpaired) electrons. The molecule has 0 N–H and O–H groups in total. The summed E-state index contributed by atoms with van der Waals surface area (Å²) in [7, 11) is 0. The number of fused-ring (bicyclic) bond motifs is 12. The highest BCUT2D eigenvalue weighted by molar-refractivity contribution is 6.11. The Balaban J connectivity index is 1.36. The molecule has 0 saturated carbocycles. The van der Waals surface area contributed by atoms with Crippen LogP contribution in [0, 0.1) is 0 Å². The Bertz CT molecular complexity index is 2320. The monoisotopic (exact) mass is 521 g/mol. The molecule has 0 fully saturated rings. The van der Waals surface area contributed by atoms with Crippen molar-refractivity contribution in [3.05, 3.63) is 140 Å². The van der Waals surface area contributed by atoms with Gasteiger partial charge in [-0.2, -0.15) is 0 Å². The van der Waals surface area contributed by atoms with E-state index in [9.17, 15) is 0 Å². The first-order chi connectivity index (χ1) is 20.3. The molecule has 0 saturated heterocycles. The van der Waals surface area contributed by atoms with Crippen molar-refractivity contribution in [1.82, 2.24) is 4.98 Å². The summed E-state index contributed by atoms with van der Waals surface area (Å²) in [5.74, 6) is 0. The molecule has 2 heteroatoms. The van der Waals surface area contributed by atoms with Gasteiger partial charge in [0.15, 0.2) is 0 Å². The van der Waals surface area contributed by atoms with E-state index in [1.54, 1.807) is 0 Å². The number of furan rings is 1. The summed E-state index contributed by atoms with van der Waals surface area (Å²) < 4.78 is 6.43. The van der Waals surface area contributed by atoms with Crippen molar-refractivity contribution in [3.63, 3.8) is 0 Å². The highest BCUT2D eigenvalue weighted by atomic mass is 16.3. The summed E-state index contributed by atoms with van der Waals surface area (Å²) in [5.41, 5.74) is 14.9. The number of benzene rings is 6. The van der Waals surface area contributed by atoms with Crippen molar-refractivity contribution in [3.8, 4) is 55.6 Å². The molecule has 190 valence electrons. The van der Waals surface area contributed by atoms with Gasteiger partial charge in [-0.05, 0) is 80.4 Å². The molecule has 8 aromatic rings. The molecule has 0 spiro atoms. The van der Waals surface area contributed by atoms with Gasteiger partial charge < -0.3 is 4.42 Å². The normalized spacial score (nSPS) is 11.9. The number of hydrogen-bond donors (Lipinski definition) is 0. The smallest absolute Gasteiger partial charge is 0.143 e. The van der Waals surface area contributed by atoms with Crippen molar-refractivity contribution < 1.29 is 4.42 Å². The van der Waals surface area contributed by atoms with E-state index in [-0.39, 0.29) is 0 Å². The van der Waals surface area contributed by atoms with Crippen LogP contribution in [0.5, 0.6) is 0 Å². The first-order valence-corrected chi connectivity index (χ1v) is 14.0. The number of pyridine rings is 1. The third-order valence-electron chi connectivity index (χ3n) is 8.49. The van der Waals surface area contributed by atoms with Gasteiger partial charge in [0.05, 0.1) is 5.52 Å². The summed E-state index contributed by atoms with van der Waals surface area (Å²) in [6.45, 7) is 0. The van der Waals surface area contributed by atoms with Crippen molar-refractivity contribution in [1.29, 1.82) is 0 Å². The van der Waals surface area contributed by atoms with Crippen LogP contribution in [0.2, 0.25) is 0 Å². The van der Waals surface area contributed by atoms with Gasteiger partial charge in [0.1, 0.15) is 11.2 Å². The van der Waals surface area contributed by atoms with E-state index >= 15 is 0 Å². The van der Waals surface area contributed by atoms with E-state index < -0.39 is 0 Å². The Morgan fingerprint density at radius 2 is 1.02 bits per heavy atom. The van der Waals surface area contributed by atoms with Gasteiger partial charge in [0.2, 0.25) is 0 Å². The summed E-state index contributed by atoms with van der Waals surface area (Å²) in [5, 5.41) is 3.44. The van der Waals surface area contributed by atoms with Gasteiger partial charge in [0.25, 0.3) is 0 Å². The van der Waals surface area contributed by atoms with E-state index in [1.807, 2.05) is 24.4 Å². The Kier molecular flexibility index (Phi) is 4.64. The fraction of sp³-hybridized carbons (Fsp3) is 0. The van der Waals surface area contributed by atoms with E-state index in [4.69, 9.17) is 9.40 Å². The van der Waals surface area contributed by atoms with E-state index in [0.29, 0.717) is 0 Å². The van der Waals surface area contributed by atoms with Crippen LogP contribution in [0.4, 0.5) is 0 Å². The van der Waals surface area contributed by atoms with E-state index in [0.717, 1.165) is 44.0 Å². The van der Waals surface area contributed by atoms with Gasteiger partial charge in [-0.3, -0.25) is 4.98 Å². The maximum Gasteiger partial charge on any atom is 0.143 e. The third kappa shape index (κ3) is 3.28. The maximum atomic E-state index is 6.43. The molecule has 2 heterocycles. The largest absolute Gasteiger partial charge is 0.455 e. The van der Waals surface area contributed by atoms with Crippen LogP contribution in [-0.2, 0) is 0 Å². The minimum Gasteiger partial charge on any atom is -0.455 e. The standard InChI is InChI=1S/C39H23NO/c1-2-11-28-27(10-1)31-19-18-24(26-15-7-16-33-32-14-5-6-17-38(32)41-39(26)33)21-34(31)29-12-3-4-13-30(29)36-23-37-25(22-35(28)36)9-8-20-40-37/h1-23H. The first-order valence-electron chi connectivity index (χ1n) is 14.0. The molecule has 2 aromatic heterocycles. The zero-order chi connectivity index (χ0) is 26.9. The Morgan fingerprint density at radius 3 is 1.83 bits per heavy atom. The Morgan fingerprint density at radius 1 is 0.415 bits per heavy atom. The number of hydrogen-bond acceptors (Lipinski definition) is 2. The molecule has 6 aromatic carbocycles. The lowest BCUT2D eigenvalue weighted by atomic mass is 9.79. The van der Waals surface area contributed by atoms with Crippen LogP contribution in [0.1, 0.15) is 0 Å². The van der Waals surface area contributed by atoms with Crippen molar-refractivity contribution in [2.45, 2.75) is 0 Å². The lowest BCUT2D eigenvalue weighted by molar-refractivity contribution is 0.670. The predicted molar refractivity (Wildman–Crippen MR) is 170 cm³/mol. The molecule has 2 nitrogen and oxygen atoms in total. The second-order valence-electron chi connectivity index (χ2n) is 10.7. The molecule has 0 aliphatic heterocycles. The Labute approximate surface area is 237 Å².